The third kappa shape index (κ3) is 4.35. The van der Waals surface area contributed by atoms with E-state index in [4.69, 9.17) is 0 Å². The molecule has 0 radical (unpaired) electrons. The van der Waals surface area contributed by atoms with Crippen LogP contribution < -0.4 is 10.3 Å². The predicted octanol–water partition coefficient (Wildman–Crippen LogP) is 4.11. The third-order valence-electron chi connectivity index (χ3n) is 6.15. The van der Waals surface area contributed by atoms with Gasteiger partial charge in [-0.3, -0.25) is 4.79 Å². The summed E-state index contributed by atoms with van der Waals surface area (Å²) in [5, 5.41) is 3.79. The summed E-state index contributed by atoms with van der Waals surface area (Å²) in [5.74, 6) is 0.0962. The standard InChI is InChI=1S/C24H30N4O/c1-3-28(24(29)23-16-22-21(27-23)13-8-14-25-22)20-12-7-11-19(15-20)26-17(2)18-9-5-4-6-10-18/h4-6,8-10,13-14,16-17,19-20,26-27H,3,7,11-12,15H2,1-2H3/p+1/t17-,19-,20+/m1/s1. The Bertz CT molecular complexity index is 919. The molecule has 1 aliphatic rings. The number of carbonyl (C=O) groups excluding carboxylic acids is 1. The first-order valence-electron chi connectivity index (χ1n) is 10.8. The van der Waals surface area contributed by atoms with E-state index in [9.17, 15) is 4.79 Å². The molecule has 152 valence electrons. The molecule has 1 aliphatic carbocycles. The van der Waals surface area contributed by atoms with Crippen LogP contribution in [0.15, 0.2) is 54.7 Å². The van der Waals surface area contributed by atoms with E-state index in [-0.39, 0.29) is 11.9 Å². The number of carbonyl (C=O) groups is 1. The zero-order valence-corrected chi connectivity index (χ0v) is 17.3. The molecule has 1 fully saturated rings. The van der Waals surface area contributed by atoms with Gasteiger partial charge < -0.3 is 15.2 Å². The summed E-state index contributed by atoms with van der Waals surface area (Å²) in [5.41, 5.74) is 3.91. The Kier molecular flexibility index (Phi) is 5.95. The molecule has 3 N–H and O–H groups in total. The van der Waals surface area contributed by atoms with Crippen molar-refractivity contribution in [3.05, 3.63) is 66.0 Å². The van der Waals surface area contributed by atoms with Gasteiger partial charge in [0.25, 0.3) is 5.91 Å². The SMILES string of the molecule is CCN(C(=O)c1cc2[nH+]cccc2[nH]1)[C@H]1CCC[C@@H](N[C@H](C)c2ccccc2)C1. The molecule has 0 spiro atoms. The number of rotatable bonds is 6. The molecular weight excluding hydrogens is 360 g/mol. The lowest BCUT2D eigenvalue weighted by atomic mass is 9.89. The van der Waals surface area contributed by atoms with Crippen molar-refractivity contribution in [1.29, 1.82) is 0 Å². The fraction of sp³-hybridized carbons (Fsp3) is 0.417. The van der Waals surface area contributed by atoms with Gasteiger partial charge in [-0.1, -0.05) is 30.3 Å². The lowest BCUT2D eigenvalue weighted by molar-refractivity contribution is -0.344. The number of nitrogens with zero attached hydrogens (tertiary/aromatic N) is 1. The molecule has 1 aromatic carbocycles. The van der Waals surface area contributed by atoms with Gasteiger partial charge >= 0.3 is 0 Å². The lowest BCUT2D eigenvalue weighted by Crippen LogP contribution is -2.47. The van der Waals surface area contributed by atoms with Crippen LogP contribution in [0.3, 0.4) is 0 Å². The second-order valence-corrected chi connectivity index (χ2v) is 8.09. The van der Waals surface area contributed by atoms with Crippen LogP contribution in [0.2, 0.25) is 0 Å². The fourth-order valence-electron chi connectivity index (χ4n) is 4.63. The minimum Gasteiger partial charge on any atom is -0.345 e. The average Bonchev–Trinajstić information content (AvgIpc) is 3.19. The average molecular weight is 392 g/mol. The minimum absolute atomic E-state index is 0.0962. The van der Waals surface area contributed by atoms with Gasteiger partial charge in [-0.2, -0.15) is 0 Å². The number of nitrogens with one attached hydrogen (secondary N) is 3. The number of benzene rings is 1. The van der Waals surface area contributed by atoms with E-state index in [1.54, 1.807) is 0 Å². The monoisotopic (exact) mass is 391 g/mol. The van der Waals surface area contributed by atoms with Gasteiger partial charge in [0, 0.05) is 36.8 Å². The van der Waals surface area contributed by atoms with Crippen molar-refractivity contribution >= 4 is 16.9 Å². The maximum Gasteiger partial charge on any atom is 0.270 e. The van der Waals surface area contributed by atoms with Gasteiger partial charge in [0.15, 0.2) is 6.20 Å². The Morgan fingerprint density at radius 2 is 2.07 bits per heavy atom. The van der Waals surface area contributed by atoms with Crippen LogP contribution in [0.4, 0.5) is 0 Å². The second-order valence-electron chi connectivity index (χ2n) is 8.09. The summed E-state index contributed by atoms with van der Waals surface area (Å²) in [6.07, 6.45) is 6.27. The Morgan fingerprint density at radius 1 is 1.24 bits per heavy atom. The summed E-state index contributed by atoms with van der Waals surface area (Å²) < 4.78 is 0. The predicted molar refractivity (Wildman–Crippen MR) is 116 cm³/mol. The number of H-pyrrole nitrogens is 2. The molecule has 3 aromatic rings. The first kappa shape index (κ1) is 19.6. The number of hydrogen-bond donors (Lipinski definition) is 2. The Balaban J connectivity index is 1.44. The van der Waals surface area contributed by atoms with Crippen LogP contribution in [-0.2, 0) is 0 Å². The quantitative estimate of drug-likeness (QED) is 0.664. The number of aromatic amines is 2. The molecule has 1 saturated carbocycles. The molecule has 5 nitrogen and oxygen atoms in total. The van der Waals surface area contributed by atoms with Crippen molar-refractivity contribution in [3.8, 4) is 0 Å². The van der Waals surface area contributed by atoms with Crippen molar-refractivity contribution in [2.24, 2.45) is 0 Å². The van der Waals surface area contributed by atoms with E-state index < -0.39 is 0 Å². The van der Waals surface area contributed by atoms with Crippen LogP contribution in [0, 0.1) is 0 Å². The molecule has 0 aliphatic heterocycles. The van der Waals surface area contributed by atoms with Crippen LogP contribution in [0.1, 0.15) is 61.6 Å². The molecule has 0 saturated heterocycles. The normalized spacial score (nSPS) is 20.5. The van der Waals surface area contributed by atoms with Gasteiger partial charge in [-0.05, 0) is 51.2 Å². The molecular formula is C24H31N4O+. The van der Waals surface area contributed by atoms with Gasteiger partial charge in [0.05, 0.1) is 0 Å². The maximum absolute atomic E-state index is 13.3. The molecule has 0 unspecified atom stereocenters. The summed E-state index contributed by atoms with van der Waals surface area (Å²) in [6, 6.07) is 17.5. The largest absolute Gasteiger partial charge is 0.345 e. The first-order valence-corrected chi connectivity index (χ1v) is 10.8. The van der Waals surface area contributed by atoms with E-state index in [1.807, 2.05) is 29.3 Å². The van der Waals surface area contributed by atoms with Crippen LogP contribution >= 0.6 is 0 Å². The number of amides is 1. The number of aromatic nitrogens is 2. The summed E-state index contributed by atoms with van der Waals surface area (Å²) in [4.78, 5) is 21.8. The van der Waals surface area contributed by atoms with Gasteiger partial charge in [0.2, 0.25) is 5.52 Å². The molecule has 4 rings (SSSR count). The number of pyridine rings is 1. The van der Waals surface area contributed by atoms with Crippen molar-refractivity contribution in [2.75, 3.05) is 6.54 Å². The Morgan fingerprint density at radius 3 is 2.83 bits per heavy atom. The highest BCUT2D eigenvalue weighted by Gasteiger charge is 2.31. The van der Waals surface area contributed by atoms with Crippen LogP contribution in [-0.4, -0.2) is 34.4 Å². The first-order chi connectivity index (χ1) is 14.2. The maximum atomic E-state index is 13.3. The van der Waals surface area contributed by atoms with Gasteiger partial charge in [0.1, 0.15) is 11.2 Å². The molecule has 2 aromatic heterocycles. The van der Waals surface area contributed by atoms with E-state index in [0.29, 0.717) is 17.8 Å². The van der Waals surface area contributed by atoms with Crippen molar-refractivity contribution < 1.29 is 9.78 Å². The van der Waals surface area contributed by atoms with Crippen LogP contribution in [0.25, 0.3) is 11.0 Å². The van der Waals surface area contributed by atoms with Gasteiger partial charge in [-0.25, -0.2) is 4.98 Å². The summed E-state index contributed by atoms with van der Waals surface area (Å²) >= 11 is 0. The third-order valence-corrected chi connectivity index (χ3v) is 6.15. The summed E-state index contributed by atoms with van der Waals surface area (Å²) in [6.45, 7) is 5.03. The highest BCUT2D eigenvalue weighted by molar-refractivity contribution is 5.96. The Labute approximate surface area is 172 Å². The van der Waals surface area contributed by atoms with Crippen molar-refractivity contribution in [2.45, 2.75) is 57.7 Å². The highest BCUT2D eigenvalue weighted by atomic mass is 16.2. The summed E-state index contributed by atoms with van der Waals surface area (Å²) in [7, 11) is 0. The molecule has 5 heteroatoms. The number of fused-ring (bicyclic) bond motifs is 1. The molecule has 1 amide bonds. The molecule has 29 heavy (non-hydrogen) atoms. The molecule has 0 bridgehead atoms. The Hall–Kier alpha value is -2.66. The van der Waals surface area contributed by atoms with E-state index in [0.717, 1.165) is 36.8 Å². The lowest BCUT2D eigenvalue weighted by Gasteiger charge is -2.38. The molecule has 2 heterocycles. The van der Waals surface area contributed by atoms with E-state index in [2.05, 4.69) is 59.5 Å². The zero-order chi connectivity index (χ0) is 20.2. The minimum atomic E-state index is 0.0962. The van der Waals surface area contributed by atoms with E-state index in [1.165, 1.54) is 12.0 Å². The van der Waals surface area contributed by atoms with Gasteiger partial charge in [-0.15, -0.1) is 0 Å². The van der Waals surface area contributed by atoms with Crippen molar-refractivity contribution in [3.63, 3.8) is 0 Å². The van der Waals surface area contributed by atoms with E-state index >= 15 is 0 Å². The molecule has 3 atom stereocenters. The zero-order valence-electron chi connectivity index (χ0n) is 17.3. The smallest absolute Gasteiger partial charge is 0.270 e. The highest BCUT2D eigenvalue weighted by Crippen LogP contribution is 2.27. The van der Waals surface area contributed by atoms with Crippen LogP contribution in [0.5, 0.6) is 0 Å². The second kappa shape index (κ2) is 8.78. The topological polar surface area (TPSA) is 62.3 Å². The van der Waals surface area contributed by atoms with Crippen molar-refractivity contribution in [1.82, 2.24) is 15.2 Å². The fourth-order valence-corrected chi connectivity index (χ4v) is 4.63. The number of hydrogen-bond acceptors (Lipinski definition) is 2.